The van der Waals surface area contributed by atoms with Crippen LogP contribution in [0.15, 0.2) is 12.4 Å². The number of hydrogen-bond acceptors (Lipinski definition) is 2. The van der Waals surface area contributed by atoms with E-state index in [1.165, 1.54) is 31.2 Å². The molecule has 1 N–H and O–H groups in total. The minimum absolute atomic E-state index is 0.419. The van der Waals surface area contributed by atoms with Crippen molar-refractivity contribution in [1.82, 2.24) is 15.1 Å². The lowest BCUT2D eigenvalue weighted by molar-refractivity contribution is 0.276. The Kier molecular flexibility index (Phi) is 4.21. The average Bonchev–Trinajstić information content (AvgIpc) is 2.75. The van der Waals surface area contributed by atoms with Crippen LogP contribution in [-0.2, 0) is 7.05 Å². The van der Waals surface area contributed by atoms with E-state index in [1.807, 2.05) is 17.9 Å². The van der Waals surface area contributed by atoms with Crippen molar-refractivity contribution in [2.75, 3.05) is 6.54 Å². The molecule has 1 aliphatic rings. The van der Waals surface area contributed by atoms with Crippen LogP contribution >= 0.6 is 0 Å². The molecule has 1 aromatic rings. The largest absolute Gasteiger partial charge is 0.310 e. The summed E-state index contributed by atoms with van der Waals surface area (Å²) in [6.07, 6.45) is 9.67. The first-order valence-electron chi connectivity index (χ1n) is 6.87. The summed E-state index contributed by atoms with van der Waals surface area (Å²) in [7, 11) is 1.97. The molecule has 0 aliphatic heterocycles. The molecule has 0 aromatic carbocycles. The van der Waals surface area contributed by atoms with Gasteiger partial charge >= 0.3 is 0 Å². The van der Waals surface area contributed by atoms with Gasteiger partial charge in [-0.25, -0.2) is 0 Å². The SMILES string of the molecule is CC1CCC(CNC(C)c2cnn(C)c2)CC1. The standard InChI is InChI=1S/C14H25N3/c1-11-4-6-13(7-5-11)8-15-12(2)14-9-16-17(3)10-14/h9-13,15H,4-8H2,1-3H3. The molecule has 1 heterocycles. The van der Waals surface area contributed by atoms with Gasteiger partial charge in [0.1, 0.15) is 0 Å². The van der Waals surface area contributed by atoms with E-state index in [-0.39, 0.29) is 0 Å². The highest BCUT2D eigenvalue weighted by Crippen LogP contribution is 2.28. The molecule has 1 aliphatic carbocycles. The van der Waals surface area contributed by atoms with Crippen LogP contribution in [0, 0.1) is 11.8 Å². The first kappa shape index (κ1) is 12.6. The normalized spacial score (nSPS) is 27.0. The maximum atomic E-state index is 4.22. The van der Waals surface area contributed by atoms with Gasteiger partial charge in [-0.15, -0.1) is 0 Å². The Morgan fingerprint density at radius 3 is 2.71 bits per heavy atom. The lowest BCUT2D eigenvalue weighted by Gasteiger charge is -2.27. The zero-order valence-electron chi connectivity index (χ0n) is 11.3. The van der Waals surface area contributed by atoms with Crippen LogP contribution < -0.4 is 5.32 Å². The third-order valence-corrected chi connectivity index (χ3v) is 4.07. The number of hydrogen-bond donors (Lipinski definition) is 1. The van der Waals surface area contributed by atoms with Crippen molar-refractivity contribution in [3.63, 3.8) is 0 Å². The Hall–Kier alpha value is -0.830. The maximum Gasteiger partial charge on any atom is 0.0537 e. The second-order valence-electron chi connectivity index (χ2n) is 5.70. The molecule has 3 nitrogen and oxygen atoms in total. The van der Waals surface area contributed by atoms with Crippen LogP contribution in [0.4, 0.5) is 0 Å². The number of aromatic nitrogens is 2. The first-order valence-corrected chi connectivity index (χ1v) is 6.87. The van der Waals surface area contributed by atoms with Crippen molar-refractivity contribution in [2.24, 2.45) is 18.9 Å². The number of rotatable bonds is 4. The van der Waals surface area contributed by atoms with Crippen LogP contribution in [-0.4, -0.2) is 16.3 Å². The second-order valence-corrected chi connectivity index (χ2v) is 5.70. The molecule has 1 atom stereocenters. The van der Waals surface area contributed by atoms with Crippen molar-refractivity contribution < 1.29 is 0 Å². The molecule has 2 rings (SSSR count). The van der Waals surface area contributed by atoms with E-state index in [9.17, 15) is 0 Å². The Balaban J connectivity index is 1.74. The summed E-state index contributed by atoms with van der Waals surface area (Å²) in [5, 5.41) is 7.86. The molecule has 0 radical (unpaired) electrons. The minimum Gasteiger partial charge on any atom is -0.310 e. The lowest BCUT2D eigenvalue weighted by atomic mass is 9.83. The quantitative estimate of drug-likeness (QED) is 0.869. The molecule has 0 bridgehead atoms. The van der Waals surface area contributed by atoms with E-state index in [0.717, 1.165) is 18.4 Å². The Labute approximate surface area is 105 Å². The fraction of sp³-hybridized carbons (Fsp3) is 0.786. The van der Waals surface area contributed by atoms with Gasteiger partial charge in [-0.05, 0) is 38.1 Å². The minimum atomic E-state index is 0.419. The molecule has 1 saturated carbocycles. The molecule has 17 heavy (non-hydrogen) atoms. The van der Waals surface area contributed by atoms with Gasteiger partial charge in [0.2, 0.25) is 0 Å². The van der Waals surface area contributed by atoms with E-state index in [4.69, 9.17) is 0 Å². The van der Waals surface area contributed by atoms with Crippen molar-refractivity contribution in [3.8, 4) is 0 Å². The average molecular weight is 235 g/mol. The van der Waals surface area contributed by atoms with Gasteiger partial charge in [0.15, 0.2) is 0 Å². The summed E-state index contributed by atoms with van der Waals surface area (Å²) < 4.78 is 1.87. The van der Waals surface area contributed by atoms with Crippen molar-refractivity contribution in [1.29, 1.82) is 0 Å². The zero-order chi connectivity index (χ0) is 12.3. The lowest BCUT2D eigenvalue weighted by Crippen LogP contribution is -2.28. The zero-order valence-corrected chi connectivity index (χ0v) is 11.3. The highest BCUT2D eigenvalue weighted by atomic mass is 15.2. The summed E-state index contributed by atoms with van der Waals surface area (Å²) in [6.45, 7) is 5.76. The predicted octanol–water partition coefficient (Wildman–Crippen LogP) is 2.90. The topological polar surface area (TPSA) is 29.9 Å². The number of nitrogens with zero attached hydrogens (tertiary/aromatic N) is 2. The van der Waals surface area contributed by atoms with Crippen LogP contribution in [0.2, 0.25) is 0 Å². The molecular weight excluding hydrogens is 210 g/mol. The maximum absolute atomic E-state index is 4.22. The van der Waals surface area contributed by atoms with Crippen molar-refractivity contribution in [3.05, 3.63) is 18.0 Å². The first-order chi connectivity index (χ1) is 8.15. The third kappa shape index (κ3) is 3.56. The molecule has 0 amide bonds. The van der Waals surface area contributed by atoms with E-state index in [2.05, 4.69) is 30.5 Å². The molecule has 1 aromatic heterocycles. The predicted molar refractivity (Wildman–Crippen MR) is 70.7 cm³/mol. The summed E-state index contributed by atoms with van der Waals surface area (Å²) in [5.41, 5.74) is 1.29. The van der Waals surface area contributed by atoms with Crippen molar-refractivity contribution in [2.45, 2.75) is 45.6 Å². The number of aryl methyl sites for hydroxylation is 1. The highest BCUT2D eigenvalue weighted by molar-refractivity contribution is 5.08. The van der Waals surface area contributed by atoms with E-state index >= 15 is 0 Å². The van der Waals surface area contributed by atoms with Crippen LogP contribution in [0.5, 0.6) is 0 Å². The monoisotopic (exact) mass is 235 g/mol. The fourth-order valence-electron chi connectivity index (χ4n) is 2.66. The van der Waals surface area contributed by atoms with Gasteiger partial charge in [-0.1, -0.05) is 19.8 Å². The summed E-state index contributed by atoms with van der Waals surface area (Å²) in [6, 6.07) is 0.419. The summed E-state index contributed by atoms with van der Waals surface area (Å²) >= 11 is 0. The van der Waals surface area contributed by atoms with Crippen LogP contribution in [0.3, 0.4) is 0 Å². The van der Waals surface area contributed by atoms with Gasteiger partial charge < -0.3 is 5.32 Å². The van der Waals surface area contributed by atoms with Crippen LogP contribution in [0.1, 0.15) is 51.1 Å². The fourth-order valence-corrected chi connectivity index (χ4v) is 2.66. The van der Waals surface area contributed by atoms with Gasteiger partial charge in [0.25, 0.3) is 0 Å². The smallest absolute Gasteiger partial charge is 0.0537 e. The van der Waals surface area contributed by atoms with Gasteiger partial charge in [0.05, 0.1) is 6.20 Å². The van der Waals surface area contributed by atoms with E-state index in [0.29, 0.717) is 6.04 Å². The molecule has 96 valence electrons. The highest BCUT2D eigenvalue weighted by Gasteiger charge is 2.18. The van der Waals surface area contributed by atoms with Gasteiger partial charge in [0, 0.05) is 24.8 Å². The Bertz CT molecular complexity index is 337. The molecule has 3 heteroatoms. The number of nitrogens with one attached hydrogen (secondary N) is 1. The Morgan fingerprint density at radius 1 is 1.41 bits per heavy atom. The molecular formula is C14H25N3. The Morgan fingerprint density at radius 2 is 2.12 bits per heavy atom. The van der Waals surface area contributed by atoms with E-state index in [1.54, 1.807) is 0 Å². The second kappa shape index (κ2) is 5.67. The summed E-state index contributed by atoms with van der Waals surface area (Å²) in [5.74, 6) is 1.83. The summed E-state index contributed by atoms with van der Waals surface area (Å²) in [4.78, 5) is 0. The molecule has 1 unspecified atom stereocenters. The van der Waals surface area contributed by atoms with E-state index < -0.39 is 0 Å². The molecule has 0 spiro atoms. The van der Waals surface area contributed by atoms with Crippen molar-refractivity contribution >= 4 is 0 Å². The van der Waals surface area contributed by atoms with Gasteiger partial charge in [-0.3, -0.25) is 4.68 Å². The van der Waals surface area contributed by atoms with Crippen LogP contribution in [0.25, 0.3) is 0 Å². The molecule has 1 fully saturated rings. The molecule has 0 saturated heterocycles. The van der Waals surface area contributed by atoms with Gasteiger partial charge in [-0.2, -0.15) is 5.10 Å². The third-order valence-electron chi connectivity index (χ3n) is 4.07.